The molecular formula is C9H17NO4. The summed E-state index contributed by atoms with van der Waals surface area (Å²) in [7, 11) is 0. The summed E-state index contributed by atoms with van der Waals surface area (Å²) in [4.78, 5) is 11.2. The largest absolute Gasteiger partial charge is 0.460 e. The van der Waals surface area contributed by atoms with Crippen molar-refractivity contribution in [2.45, 2.75) is 31.5 Å². The Hall–Kier alpha value is -0.650. The van der Waals surface area contributed by atoms with Gasteiger partial charge in [0.1, 0.15) is 6.10 Å². The van der Waals surface area contributed by atoms with E-state index < -0.39 is 12.1 Å². The van der Waals surface area contributed by atoms with Crippen molar-refractivity contribution in [3.05, 3.63) is 0 Å². The van der Waals surface area contributed by atoms with E-state index in [-0.39, 0.29) is 19.1 Å². The second-order valence-electron chi connectivity index (χ2n) is 3.34. The average molecular weight is 203 g/mol. The Morgan fingerprint density at radius 1 is 1.57 bits per heavy atom. The van der Waals surface area contributed by atoms with Crippen LogP contribution in [-0.2, 0) is 14.3 Å². The van der Waals surface area contributed by atoms with E-state index in [1.807, 2.05) is 0 Å². The third-order valence-corrected chi connectivity index (χ3v) is 2.16. The summed E-state index contributed by atoms with van der Waals surface area (Å²) in [5.41, 5.74) is 5.21. The highest BCUT2D eigenvalue weighted by Gasteiger charge is 2.22. The van der Waals surface area contributed by atoms with Crippen molar-refractivity contribution in [1.82, 2.24) is 0 Å². The minimum absolute atomic E-state index is 0.108. The quantitative estimate of drug-likeness (QED) is 0.597. The first kappa shape index (κ1) is 11.4. The minimum atomic E-state index is -1.08. The van der Waals surface area contributed by atoms with Crippen LogP contribution in [-0.4, -0.2) is 43.0 Å². The van der Waals surface area contributed by atoms with Crippen LogP contribution in [0, 0.1) is 0 Å². The van der Waals surface area contributed by atoms with Crippen LogP contribution in [0.1, 0.15) is 19.3 Å². The van der Waals surface area contributed by atoms with E-state index in [0.717, 1.165) is 0 Å². The maximum absolute atomic E-state index is 11.2. The van der Waals surface area contributed by atoms with Crippen LogP contribution in [0.4, 0.5) is 0 Å². The fourth-order valence-corrected chi connectivity index (χ4v) is 1.31. The van der Waals surface area contributed by atoms with Crippen molar-refractivity contribution < 1.29 is 19.4 Å². The number of nitrogens with two attached hydrogens (primary N) is 1. The first-order valence-electron chi connectivity index (χ1n) is 4.90. The number of rotatable bonds is 4. The number of hydrogen-bond donors (Lipinski definition) is 2. The highest BCUT2D eigenvalue weighted by Crippen LogP contribution is 2.11. The van der Waals surface area contributed by atoms with Gasteiger partial charge in [-0.3, -0.25) is 0 Å². The fraction of sp³-hybridized carbons (Fsp3) is 0.889. The summed E-state index contributed by atoms with van der Waals surface area (Å²) in [5.74, 6) is -0.567. The normalized spacial score (nSPS) is 20.4. The maximum atomic E-state index is 11.2. The predicted molar refractivity (Wildman–Crippen MR) is 49.6 cm³/mol. The zero-order valence-corrected chi connectivity index (χ0v) is 8.15. The van der Waals surface area contributed by atoms with Gasteiger partial charge in [-0.15, -0.1) is 0 Å². The van der Waals surface area contributed by atoms with E-state index in [0.29, 0.717) is 26.1 Å². The van der Waals surface area contributed by atoms with Gasteiger partial charge in [-0.05, 0) is 13.0 Å². The van der Waals surface area contributed by atoms with Crippen molar-refractivity contribution in [1.29, 1.82) is 0 Å². The Balaban J connectivity index is 2.24. The van der Waals surface area contributed by atoms with Gasteiger partial charge < -0.3 is 20.3 Å². The topological polar surface area (TPSA) is 81.8 Å². The van der Waals surface area contributed by atoms with Gasteiger partial charge in [-0.1, -0.05) is 0 Å². The maximum Gasteiger partial charge on any atom is 0.335 e. The van der Waals surface area contributed by atoms with E-state index >= 15 is 0 Å². The zero-order chi connectivity index (χ0) is 10.4. The molecule has 0 aliphatic carbocycles. The van der Waals surface area contributed by atoms with Gasteiger partial charge in [0, 0.05) is 12.8 Å². The molecule has 0 amide bonds. The molecule has 1 heterocycles. The highest BCUT2D eigenvalue weighted by molar-refractivity contribution is 5.74. The Morgan fingerprint density at radius 2 is 2.21 bits per heavy atom. The Morgan fingerprint density at radius 3 is 2.79 bits per heavy atom. The molecule has 5 heteroatoms. The van der Waals surface area contributed by atoms with Crippen molar-refractivity contribution in [3.8, 4) is 0 Å². The molecule has 3 N–H and O–H groups in total. The molecular weight excluding hydrogens is 186 g/mol. The Bertz CT molecular complexity index is 180. The van der Waals surface area contributed by atoms with E-state index in [9.17, 15) is 9.90 Å². The molecule has 1 aliphatic heterocycles. The van der Waals surface area contributed by atoms with Crippen LogP contribution in [0.5, 0.6) is 0 Å². The number of hydrogen-bond acceptors (Lipinski definition) is 5. The van der Waals surface area contributed by atoms with Crippen molar-refractivity contribution >= 4 is 5.97 Å². The molecule has 1 fully saturated rings. The number of carbonyl (C=O) groups is 1. The number of carbonyl (C=O) groups excluding carboxylic acids is 1. The molecule has 0 aromatic rings. The second kappa shape index (κ2) is 5.95. The third kappa shape index (κ3) is 3.61. The summed E-state index contributed by atoms with van der Waals surface area (Å²) < 4.78 is 10.2. The van der Waals surface area contributed by atoms with Crippen LogP contribution in [0.2, 0.25) is 0 Å². The van der Waals surface area contributed by atoms with E-state index in [1.54, 1.807) is 0 Å². The monoisotopic (exact) mass is 203 g/mol. The van der Waals surface area contributed by atoms with E-state index in [4.69, 9.17) is 15.2 Å². The van der Waals surface area contributed by atoms with Gasteiger partial charge >= 0.3 is 5.97 Å². The molecule has 1 atom stereocenters. The molecule has 82 valence electrons. The summed E-state index contributed by atoms with van der Waals surface area (Å²) in [5, 5.41) is 9.26. The fourth-order valence-electron chi connectivity index (χ4n) is 1.31. The molecule has 0 aromatic carbocycles. The zero-order valence-electron chi connectivity index (χ0n) is 8.15. The van der Waals surface area contributed by atoms with Crippen LogP contribution in [0.25, 0.3) is 0 Å². The molecule has 0 unspecified atom stereocenters. The van der Waals surface area contributed by atoms with Gasteiger partial charge in [0.25, 0.3) is 0 Å². The lowest BCUT2D eigenvalue weighted by atomic mass is 10.1. The smallest absolute Gasteiger partial charge is 0.335 e. The van der Waals surface area contributed by atoms with Gasteiger partial charge in [-0.2, -0.15) is 0 Å². The molecule has 1 saturated heterocycles. The highest BCUT2D eigenvalue weighted by atomic mass is 16.6. The minimum Gasteiger partial charge on any atom is -0.460 e. The van der Waals surface area contributed by atoms with Crippen LogP contribution in [0.3, 0.4) is 0 Å². The molecule has 1 aliphatic rings. The second-order valence-corrected chi connectivity index (χ2v) is 3.34. The van der Waals surface area contributed by atoms with Crippen molar-refractivity contribution in [3.63, 3.8) is 0 Å². The van der Waals surface area contributed by atoms with Crippen LogP contribution in [0.15, 0.2) is 0 Å². The van der Waals surface area contributed by atoms with Crippen molar-refractivity contribution in [2.75, 3.05) is 19.8 Å². The molecule has 0 aromatic heterocycles. The predicted octanol–water partition coefficient (Wildman–Crippen LogP) is -0.582. The van der Waals surface area contributed by atoms with Gasteiger partial charge in [0.2, 0.25) is 0 Å². The average Bonchev–Trinajstić information content (AvgIpc) is 2.19. The lowest BCUT2D eigenvalue weighted by Crippen LogP contribution is -2.32. The summed E-state index contributed by atoms with van der Waals surface area (Å²) in [6.45, 7) is 1.51. The molecule has 0 bridgehead atoms. The van der Waals surface area contributed by atoms with Gasteiger partial charge in [0.05, 0.1) is 13.2 Å². The lowest BCUT2D eigenvalue weighted by Gasteiger charge is -2.23. The number of aliphatic hydroxyl groups excluding tert-OH is 1. The van der Waals surface area contributed by atoms with Crippen LogP contribution < -0.4 is 5.73 Å². The van der Waals surface area contributed by atoms with Gasteiger partial charge in [-0.25, -0.2) is 4.79 Å². The number of esters is 1. The first-order valence-corrected chi connectivity index (χ1v) is 4.90. The van der Waals surface area contributed by atoms with Crippen molar-refractivity contribution in [2.24, 2.45) is 5.73 Å². The standard InChI is InChI=1S/C9H17NO4/c10-4-1-8(11)9(12)14-7-2-5-13-6-3-7/h7-8,11H,1-6,10H2/t8-/m0/s1. The van der Waals surface area contributed by atoms with Crippen LogP contribution >= 0.6 is 0 Å². The summed E-state index contributed by atoms with van der Waals surface area (Å²) in [6, 6.07) is 0. The first-order chi connectivity index (χ1) is 6.74. The summed E-state index contributed by atoms with van der Waals surface area (Å²) in [6.07, 6.45) is 0.482. The molecule has 5 nitrogen and oxygen atoms in total. The number of aliphatic hydroxyl groups is 1. The molecule has 14 heavy (non-hydrogen) atoms. The SMILES string of the molecule is NCC[C@H](O)C(=O)OC1CCOCC1. The number of ether oxygens (including phenoxy) is 2. The molecule has 1 rings (SSSR count). The molecule has 0 spiro atoms. The lowest BCUT2D eigenvalue weighted by molar-refractivity contribution is -0.163. The Kier molecular flexibility index (Phi) is 4.86. The molecule has 0 radical (unpaired) electrons. The third-order valence-electron chi connectivity index (χ3n) is 2.16. The summed E-state index contributed by atoms with van der Waals surface area (Å²) >= 11 is 0. The Labute approximate surface area is 83.2 Å². The molecule has 0 saturated carbocycles. The van der Waals surface area contributed by atoms with E-state index in [2.05, 4.69) is 0 Å². The van der Waals surface area contributed by atoms with Gasteiger partial charge in [0.15, 0.2) is 6.10 Å². The van der Waals surface area contributed by atoms with E-state index in [1.165, 1.54) is 0 Å².